The van der Waals surface area contributed by atoms with Crippen LogP contribution in [0.3, 0.4) is 0 Å². The lowest BCUT2D eigenvalue weighted by Gasteiger charge is -2.12. The van der Waals surface area contributed by atoms with Crippen molar-refractivity contribution < 1.29 is 29.3 Å². The predicted octanol–water partition coefficient (Wildman–Crippen LogP) is 3.16. The van der Waals surface area contributed by atoms with Crippen LogP contribution in [-0.4, -0.2) is 35.3 Å². The molecule has 7 nitrogen and oxygen atoms in total. The molecule has 1 heterocycles. The van der Waals surface area contributed by atoms with Gasteiger partial charge in [-0.3, -0.25) is 4.79 Å². The van der Waals surface area contributed by atoms with E-state index in [1.807, 2.05) is 0 Å². The minimum atomic E-state index is -1.26. The van der Waals surface area contributed by atoms with Gasteiger partial charge in [-0.05, 0) is 18.2 Å². The van der Waals surface area contributed by atoms with Gasteiger partial charge in [-0.25, -0.2) is 4.79 Å². The molecule has 0 fully saturated rings. The number of fused-ring (bicyclic) bond motifs is 1. The minimum Gasteiger partial charge on any atom is -0.507 e. The van der Waals surface area contributed by atoms with Gasteiger partial charge in [-0.1, -0.05) is 11.6 Å². The van der Waals surface area contributed by atoms with Crippen LogP contribution in [0.2, 0.25) is 5.02 Å². The molecule has 1 aliphatic heterocycles. The number of anilines is 1. The van der Waals surface area contributed by atoms with E-state index in [0.29, 0.717) is 24.7 Å². The number of nitrogens with one attached hydrogen (secondary N) is 1. The van der Waals surface area contributed by atoms with Gasteiger partial charge in [-0.2, -0.15) is 0 Å². The second-order valence-electron chi connectivity index (χ2n) is 5.32. The monoisotopic (exact) mass is 363 g/mol. The van der Waals surface area contributed by atoms with E-state index in [1.165, 1.54) is 24.3 Å². The summed E-state index contributed by atoms with van der Waals surface area (Å²) >= 11 is 6.15. The van der Waals surface area contributed by atoms with Gasteiger partial charge in [0.1, 0.15) is 11.3 Å². The summed E-state index contributed by atoms with van der Waals surface area (Å²) in [7, 11) is 0. The number of carboxylic acid groups (broad SMARTS) is 1. The number of benzene rings is 2. The van der Waals surface area contributed by atoms with Crippen molar-refractivity contribution in [1.82, 2.24) is 0 Å². The lowest BCUT2D eigenvalue weighted by Crippen LogP contribution is -2.13. The normalized spacial score (nSPS) is 13.0. The second-order valence-corrected chi connectivity index (χ2v) is 5.73. The number of aromatic hydroxyl groups is 1. The molecule has 2 aromatic carbocycles. The van der Waals surface area contributed by atoms with Gasteiger partial charge in [-0.15, -0.1) is 0 Å². The highest BCUT2D eigenvalue weighted by Gasteiger charge is 2.19. The van der Waals surface area contributed by atoms with E-state index in [0.717, 1.165) is 12.5 Å². The Hall–Kier alpha value is -2.93. The molecule has 1 aliphatic rings. The average molecular weight is 364 g/mol. The number of rotatable bonds is 3. The summed E-state index contributed by atoms with van der Waals surface area (Å²) in [6.45, 7) is 0.976. The van der Waals surface area contributed by atoms with Gasteiger partial charge in [0.2, 0.25) is 0 Å². The summed E-state index contributed by atoms with van der Waals surface area (Å²) in [5.74, 6) is -1.34. The third-order valence-corrected chi connectivity index (χ3v) is 3.88. The van der Waals surface area contributed by atoms with Crippen molar-refractivity contribution in [3.05, 3.63) is 46.5 Å². The maximum absolute atomic E-state index is 12.4. The Morgan fingerprint density at radius 3 is 2.36 bits per heavy atom. The molecule has 0 bridgehead atoms. The van der Waals surface area contributed by atoms with E-state index in [-0.39, 0.29) is 21.8 Å². The summed E-state index contributed by atoms with van der Waals surface area (Å²) in [4.78, 5) is 23.3. The van der Waals surface area contributed by atoms with E-state index in [4.69, 9.17) is 26.2 Å². The summed E-state index contributed by atoms with van der Waals surface area (Å²) in [6, 6.07) is 6.73. The Labute approximate surface area is 147 Å². The summed E-state index contributed by atoms with van der Waals surface area (Å²) in [6.07, 6.45) is 0.725. The van der Waals surface area contributed by atoms with E-state index in [2.05, 4.69) is 5.32 Å². The number of hydrogen-bond donors (Lipinski definition) is 3. The molecule has 0 atom stereocenters. The fourth-order valence-corrected chi connectivity index (χ4v) is 2.59. The van der Waals surface area contributed by atoms with Crippen molar-refractivity contribution in [2.45, 2.75) is 6.42 Å². The van der Waals surface area contributed by atoms with Crippen molar-refractivity contribution in [2.24, 2.45) is 0 Å². The highest BCUT2D eigenvalue weighted by molar-refractivity contribution is 6.34. The second kappa shape index (κ2) is 6.90. The molecule has 1 amide bonds. The molecule has 3 N–H and O–H groups in total. The molecule has 130 valence electrons. The molecule has 0 saturated heterocycles. The fourth-order valence-electron chi connectivity index (χ4n) is 2.35. The number of phenols is 1. The highest BCUT2D eigenvalue weighted by atomic mass is 35.5. The van der Waals surface area contributed by atoms with Crippen LogP contribution < -0.4 is 14.8 Å². The van der Waals surface area contributed by atoms with Crippen LogP contribution in [0.5, 0.6) is 17.2 Å². The standard InChI is InChI=1S/C17H14ClNO6/c18-12-8-15-14(24-4-1-5-25-15)7-11(12)16(21)19-9-2-3-10(17(22)23)13(20)6-9/h2-3,6-8,20H,1,4-5H2,(H,19,21)(H,22,23). The van der Waals surface area contributed by atoms with Crippen molar-refractivity contribution in [3.8, 4) is 17.2 Å². The molecular formula is C17H14ClNO6. The van der Waals surface area contributed by atoms with E-state index in [1.54, 1.807) is 0 Å². The van der Waals surface area contributed by atoms with Crippen LogP contribution in [0, 0.1) is 0 Å². The topological polar surface area (TPSA) is 105 Å². The molecule has 25 heavy (non-hydrogen) atoms. The average Bonchev–Trinajstić information content (AvgIpc) is 2.78. The number of ether oxygens (including phenoxy) is 2. The molecule has 0 aromatic heterocycles. The first-order valence-electron chi connectivity index (χ1n) is 7.42. The SMILES string of the molecule is O=C(O)c1ccc(NC(=O)c2cc3c(cc2Cl)OCCCO3)cc1O. The molecule has 0 radical (unpaired) electrons. The maximum Gasteiger partial charge on any atom is 0.339 e. The number of carboxylic acids is 1. The fraction of sp³-hybridized carbons (Fsp3) is 0.176. The highest BCUT2D eigenvalue weighted by Crippen LogP contribution is 2.35. The lowest BCUT2D eigenvalue weighted by molar-refractivity contribution is 0.0693. The van der Waals surface area contributed by atoms with Crippen LogP contribution in [0.4, 0.5) is 5.69 Å². The third kappa shape index (κ3) is 3.61. The zero-order valence-corrected chi connectivity index (χ0v) is 13.7. The summed E-state index contributed by atoms with van der Waals surface area (Å²) in [5, 5.41) is 21.3. The van der Waals surface area contributed by atoms with Crippen molar-refractivity contribution in [1.29, 1.82) is 0 Å². The van der Waals surface area contributed by atoms with Crippen LogP contribution in [0.1, 0.15) is 27.1 Å². The van der Waals surface area contributed by atoms with Crippen molar-refractivity contribution >= 4 is 29.2 Å². The van der Waals surface area contributed by atoms with E-state index >= 15 is 0 Å². The lowest BCUT2D eigenvalue weighted by atomic mass is 10.1. The molecule has 2 aromatic rings. The quantitative estimate of drug-likeness (QED) is 0.773. The van der Waals surface area contributed by atoms with Gasteiger partial charge in [0, 0.05) is 24.2 Å². The smallest absolute Gasteiger partial charge is 0.339 e. The van der Waals surface area contributed by atoms with Crippen LogP contribution in [0.15, 0.2) is 30.3 Å². The molecule has 0 unspecified atom stereocenters. The molecule has 8 heteroatoms. The zero-order chi connectivity index (χ0) is 18.0. The Kier molecular flexibility index (Phi) is 4.67. The predicted molar refractivity (Wildman–Crippen MR) is 90.1 cm³/mol. The number of amides is 1. The number of carbonyl (C=O) groups excluding carboxylic acids is 1. The molecule has 0 saturated carbocycles. The van der Waals surface area contributed by atoms with Crippen LogP contribution in [-0.2, 0) is 0 Å². The Bertz CT molecular complexity index is 851. The number of halogens is 1. The first-order chi connectivity index (χ1) is 12.0. The van der Waals surface area contributed by atoms with E-state index in [9.17, 15) is 14.7 Å². The van der Waals surface area contributed by atoms with Gasteiger partial charge < -0.3 is 25.0 Å². The third-order valence-electron chi connectivity index (χ3n) is 3.57. The van der Waals surface area contributed by atoms with Gasteiger partial charge >= 0.3 is 5.97 Å². The Morgan fingerprint density at radius 2 is 1.72 bits per heavy atom. The molecule has 0 aliphatic carbocycles. The van der Waals surface area contributed by atoms with Crippen LogP contribution in [0.25, 0.3) is 0 Å². The molecule has 3 rings (SSSR count). The van der Waals surface area contributed by atoms with Crippen molar-refractivity contribution in [2.75, 3.05) is 18.5 Å². The summed E-state index contributed by atoms with van der Waals surface area (Å²) in [5.41, 5.74) is 0.148. The Balaban J connectivity index is 1.85. The molecule has 0 spiro atoms. The van der Waals surface area contributed by atoms with Gasteiger partial charge in [0.15, 0.2) is 11.5 Å². The first kappa shape index (κ1) is 16.9. The maximum atomic E-state index is 12.4. The zero-order valence-electron chi connectivity index (χ0n) is 12.9. The summed E-state index contributed by atoms with van der Waals surface area (Å²) < 4.78 is 11.0. The molecular weight excluding hydrogens is 350 g/mol. The minimum absolute atomic E-state index is 0.174. The first-order valence-corrected chi connectivity index (χ1v) is 7.80. The number of aromatic carboxylic acids is 1. The van der Waals surface area contributed by atoms with E-state index < -0.39 is 17.6 Å². The van der Waals surface area contributed by atoms with Crippen LogP contribution >= 0.6 is 11.6 Å². The van der Waals surface area contributed by atoms with Gasteiger partial charge in [0.05, 0.1) is 23.8 Å². The Morgan fingerprint density at radius 1 is 1.04 bits per heavy atom. The largest absolute Gasteiger partial charge is 0.507 e. The number of hydrogen-bond acceptors (Lipinski definition) is 5. The van der Waals surface area contributed by atoms with Crippen molar-refractivity contribution in [3.63, 3.8) is 0 Å². The van der Waals surface area contributed by atoms with Gasteiger partial charge in [0.25, 0.3) is 5.91 Å². The number of carbonyl (C=O) groups is 2.